The molecule has 1 fully saturated rings. The number of nitrogens with one attached hydrogen (secondary N) is 1. The van der Waals surface area contributed by atoms with Gasteiger partial charge in [-0.25, -0.2) is 4.98 Å². The quantitative estimate of drug-likeness (QED) is 0.934. The minimum absolute atomic E-state index is 0.419. The smallest absolute Gasteiger partial charge is 0.212 e. The molecule has 0 radical (unpaired) electrons. The normalized spacial score (nSPS) is 19.4. The van der Waals surface area contributed by atoms with Gasteiger partial charge in [-0.2, -0.15) is 0 Å². The Hall–Kier alpha value is -1.91. The summed E-state index contributed by atoms with van der Waals surface area (Å²) in [6, 6.07) is 15.1. The van der Waals surface area contributed by atoms with Crippen molar-refractivity contribution >= 4 is 0 Å². The summed E-state index contributed by atoms with van der Waals surface area (Å²) in [6.45, 7) is 3.99. The number of aromatic nitrogens is 1. The van der Waals surface area contributed by atoms with E-state index in [0.717, 1.165) is 26.2 Å². The molecule has 1 aromatic carbocycles. The minimum atomic E-state index is 0.419. The van der Waals surface area contributed by atoms with E-state index in [1.54, 1.807) is 7.11 Å². The highest BCUT2D eigenvalue weighted by Crippen LogP contribution is 2.24. The van der Waals surface area contributed by atoms with E-state index in [-0.39, 0.29) is 0 Å². The zero-order valence-electron chi connectivity index (χ0n) is 12.3. The number of hydrogen-bond acceptors (Lipinski definition) is 4. The Morgan fingerprint density at radius 3 is 2.81 bits per heavy atom. The molecule has 21 heavy (non-hydrogen) atoms. The molecule has 1 aromatic heterocycles. The summed E-state index contributed by atoms with van der Waals surface area (Å²) in [5, 5.41) is 3.49. The van der Waals surface area contributed by atoms with Crippen LogP contribution in [-0.2, 0) is 6.54 Å². The van der Waals surface area contributed by atoms with E-state index in [1.165, 1.54) is 11.1 Å². The highest BCUT2D eigenvalue weighted by Gasteiger charge is 2.23. The Morgan fingerprint density at radius 1 is 1.24 bits per heavy atom. The third-order valence-electron chi connectivity index (χ3n) is 3.93. The topological polar surface area (TPSA) is 37.4 Å². The average molecular weight is 283 g/mol. The first-order chi connectivity index (χ1) is 10.4. The number of benzene rings is 1. The van der Waals surface area contributed by atoms with Crippen LogP contribution in [0.15, 0.2) is 48.7 Å². The number of rotatable bonds is 4. The van der Waals surface area contributed by atoms with Crippen molar-refractivity contribution in [3.63, 3.8) is 0 Å². The van der Waals surface area contributed by atoms with Crippen molar-refractivity contribution < 1.29 is 4.74 Å². The Balaban J connectivity index is 1.75. The maximum absolute atomic E-state index is 5.11. The van der Waals surface area contributed by atoms with Crippen molar-refractivity contribution in [1.82, 2.24) is 15.2 Å². The monoisotopic (exact) mass is 283 g/mol. The van der Waals surface area contributed by atoms with Gasteiger partial charge in [0.25, 0.3) is 0 Å². The number of piperazine rings is 1. The van der Waals surface area contributed by atoms with Gasteiger partial charge in [0.15, 0.2) is 0 Å². The number of nitrogens with zero attached hydrogens (tertiary/aromatic N) is 2. The number of methoxy groups -OCH3 is 1. The van der Waals surface area contributed by atoms with Gasteiger partial charge in [0, 0.05) is 44.5 Å². The van der Waals surface area contributed by atoms with E-state index in [1.807, 2.05) is 12.3 Å². The van der Waals surface area contributed by atoms with Crippen molar-refractivity contribution in [2.75, 3.05) is 26.7 Å². The molecule has 1 saturated heterocycles. The van der Waals surface area contributed by atoms with Crippen LogP contribution in [0.1, 0.15) is 17.2 Å². The van der Waals surface area contributed by atoms with Crippen molar-refractivity contribution in [2.45, 2.75) is 12.6 Å². The molecule has 4 nitrogen and oxygen atoms in total. The largest absolute Gasteiger partial charge is 0.481 e. The SMILES string of the molecule is COc1ccc(CN2CCNCC2c2ccccc2)cn1. The van der Waals surface area contributed by atoms with Gasteiger partial charge in [-0.15, -0.1) is 0 Å². The van der Waals surface area contributed by atoms with Gasteiger partial charge in [-0.3, -0.25) is 4.90 Å². The van der Waals surface area contributed by atoms with Gasteiger partial charge in [0.2, 0.25) is 5.88 Å². The molecule has 3 rings (SSSR count). The summed E-state index contributed by atoms with van der Waals surface area (Å²) in [5.74, 6) is 0.665. The van der Waals surface area contributed by atoms with Gasteiger partial charge in [0.1, 0.15) is 0 Å². The van der Waals surface area contributed by atoms with Crippen LogP contribution < -0.4 is 10.1 Å². The van der Waals surface area contributed by atoms with E-state index in [4.69, 9.17) is 4.74 Å². The van der Waals surface area contributed by atoms with E-state index in [9.17, 15) is 0 Å². The van der Waals surface area contributed by atoms with Crippen LogP contribution in [0.3, 0.4) is 0 Å². The van der Waals surface area contributed by atoms with Crippen LogP contribution in [0.2, 0.25) is 0 Å². The molecule has 2 aromatic rings. The Kier molecular flexibility index (Phi) is 4.48. The van der Waals surface area contributed by atoms with Gasteiger partial charge >= 0.3 is 0 Å². The molecule has 4 heteroatoms. The second kappa shape index (κ2) is 6.70. The van der Waals surface area contributed by atoms with Crippen LogP contribution >= 0.6 is 0 Å². The molecule has 1 aliphatic rings. The third kappa shape index (κ3) is 3.40. The van der Waals surface area contributed by atoms with Gasteiger partial charge < -0.3 is 10.1 Å². The zero-order valence-corrected chi connectivity index (χ0v) is 12.3. The summed E-state index contributed by atoms with van der Waals surface area (Å²) >= 11 is 0. The van der Waals surface area contributed by atoms with Crippen molar-refractivity contribution in [2.24, 2.45) is 0 Å². The highest BCUT2D eigenvalue weighted by atomic mass is 16.5. The molecule has 1 aliphatic heterocycles. The molecule has 110 valence electrons. The fraction of sp³-hybridized carbons (Fsp3) is 0.353. The van der Waals surface area contributed by atoms with Crippen molar-refractivity contribution in [3.05, 3.63) is 59.8 Å². The molecular weight excluding hydrogens is 262 g/mol. The van der Waals surface area contributed by atoms with E-state index in [2.05, 4.69) is 51.6 Å². The second-order valence-corrected chi connectivity index (χ2v) is 5.31. The fourth-order valence-electron chi connectivity index (χ4n) is 2.80. The summed E-state index contributed by atoms with van der Waals surface area (Å²) in [6.07, 6.45) is 1.91. The van der Waals surface area contributed by atoms with E-state index >= 15 is 0 Å². The average Bonchev–Trinajstić information content (AvgIpc) is 2.57. The highest BCUT2D eigenvalue weighted by molar-refractivity contribution is 5.22. The Bertz CT molecular complexity index is 556. The predicted octanol–water partition coefficient (Wildman–Crippen LogP) is 2.24. The van der Waals surface area contributed by atoms with Crippen LogP contribution in [0.4, 0.5) is 0 Å². The van der Waals surface area contributed by atoms with Gasteiger partial charge in [-0.05, 0) is 11.1 Å². The fourth-order valence-corrected chi connectivity index (χ4v) is 2.80. The minimum Gasteiger partial charge on any atom is -0.481 e. The molecule has 0 spiro atoms. The molecular formula is C17H21N3O. The molecule has 0 aliphatic carbocycles. The number of hydrogen-bond donors (Lipinski definition) is 1. The van der Waals surface area contributed by atoms with E-state index in [0.29, 0.717) is 11.9 Å². The molecule has 1 N–H and O–H groups in total. The third-order valence-corrected chi connectivity index (χ3v) is 3.93. The van der Waals surface area contributed by atoms with Crippen LogP contribution in [0.25, 0.3) is 0 Å². The maximum Gasteiger partial charge on any atom is 0.212 e. The Morgan fingerprint density at radius 2 is 2.10 bits per heavy atom. The standard InChI is InChI=1S/C17H21N3O/c1-21-17-8-7-14(11-19-17)13-20-10-9-18-12-16(20)15-5-3-2-4-6-15/h2-8,11,16,18H,9-10,12-13H2,1H3. The van der Waals surface area contributed by atoms with Crippen LogP contribution in [-0.4, -0.2) is 36.6 Å². The zero-order chi connectivity index (χ0) is 14.5. The lowest BCUT2D eigenvalue weighted by Crippen LogP contribution is -2.45. The first-order valence-corrected chi connectivity index (χ1v) is 7.35. The molecule has 0 bridgehead atoms. The summed E-state index contributed by atoms with van der Waals surface area (Å²) in [5.41, 5.74) is 2.59. The summed E-state index contributed by atoms with van der Waals surface area (Å²) < 4.78 is 5.11. The van der Waals surface area contributed by atoms with Crippen molar-refractivity contribution in [3.8, 4) is 5.88 Å². The lowest BCUT2D eigenvalue weighted by atomic mass is 10.0. The second-order valence-electron chi connectivity index (χ2n) is 5.31. The van der Waals surface area contributed by atoms with Gasteiger partial charge in [0.05, 0.1) is 7.11 Å². The molecule has 0 saturated carbocycles. The van der Waals surface area contributed by atoms with E-state index < -0.39 is 0 Å². The molecule has 0 amide bonds. The lowest BCUT2D eigenvalue weighted by Gasteiger charge is -2.36. The van der Waals surface area contributed by atoms with Crippen LogP contribution in [0, 0.1) is 0 Å². The van der Waals surface area contributed by atoms with Crippen LogP contribution in [0.5, 0.6) is 5.88 Å². The molecule has 1 unspecified atom stereocenters. The lowest BCUT2D eigenvalue weighted by molar-refractivity contribution is 0.153. The first-order valence-electron chi connectivity index (χ1n) is 7.35. The molecule has 1 atom stereocenters. The van der Waals surface area contributed by atoms with Crippen molar-refractivity contribution in [1.29, 1.82) is 0 Å². The Labute approximate surface area is 125 Å². The summed E-state index contributed by atoms with van der Waals surface area (Å²) in [7, 11) is 1.64. The van der Waals surface area contributed by atoms with Gasteiger partial charge in [-0.1, -0.05) is 36.4 Å². The first kappa shape index (κ1) is 14.0. The summed E-state index contributed by atoms with van der Waals surface area (Å²) in [4.78, 5) is 6.81. The predicted molar refractivity (Wildman–Crippen MR) is 83.3 cm³/mol. The maximum atomic E-state index is 5.11. The molecule has 2 heterocycles. The number of ether oxygens (including phenoxy) is 1. The number of pyridine rings is 1.